The number of hydrogen-bond donors (Lipinski definition) is 1. The maximum absolute atomic E-state index is 12.3. The third-order valence-electron chi connectivity index (χ3n) is 4.77. The van der Waals surface area contributed by atoms with E-state index in [0.29, 0.717) is 5.92 Å². The van der Waals surface area contributed by atoms with Crippen LogP contribution in [0.1, 0.15) is 38.5 Å². The zero-order valence-electron chi connectivity index (χ0n) is 12.5. The van der Waals surface area contributed by atoms with E-state index >= 15 is 0 Å². The molecule has 118 valence electrons. The lowest BCUT2D eigenvalue weighted by molar-refractivity contribution is 0.209. The first-order chi connectivity index (χ1) is 10.0. The smallest absolute Gasteiger partial charge is 0.272 e. The van der Waals surface area contributed by atoms with E-state index in [1.54, 1.807) is 17.5 Å². The number of rotatable bonds is 6. The van der Waals surface area contributed by atoms with E-state index in [1.807, 2.05) is 16.9 Å². The van der Waals surface area contributed by atoms with Gasteiger partial charge in [0.2, 0.25) is 0 Å². The van der Waals surface area contributed by atoms with Crippen LogP contribution >= 0.6 is 0 Å². The monoisotopic (exact) mass is 312 g/mol. The van der Waals surface area contributed by atoms with Gasteiger partial charge in [0.1, 0.15) is 0 Å². The van der Waals surface area contributed by atoms with Gasteiger partial charge in [-0.2, -0.15) is 22.5 Å². The third-order valence-corrected chi connectivity index (χ3v) is 6.46. The van der Waals surface area contributed by atoms with Crippen molar-refractivity contribution in [3.05, 3.63) is 18.5 Å². The van der Waals surface area contributed by atoms with Crippen molar-refractivity contribution in [2.75, 3.05) is 7.05 Å². The maximum atomic E-state index is 12.3. The highest BCUT2D eigenvalue weighted by molar-refractivity contribution is 7.87. The van der Waals surface area contributed by atoms with Crippen LogP contribution in [0.2, 0.25) is 0 Å². The van der Waals surface area contributed by atoms with Crippen molar-refractivity contribution in [1.29, 1.82) is 0 Å². The van der Waals surface area contributed by atoms with Crippen LogP contribution in [0.25, 0.3) is 0 Å². The van der Waals surface area contributed by atoms with Gasteiger partial charge in [0.25, 0.3) is 10.2 Å². The summed E-state index contributed by atoms with van der Waals surface area (Å²) in [6, 6.07) is 2.18. The summed E-state index contributed by atoms with van der Waals surface area (Å²) in [5.41, 5.74) is 0. The Balaban J connectivity index is 1.46. The number of nitrogens with zero attached hydrogens (tertiary/aromatic N) is 3. The van der Waals surface area contributed by atoms with Crippen molar-refractivity contribution in [1.82, 2.24) is 18.8 Å². The van der Waals surface area contributed by atoms with E-state index < -0.39 is 10.2 Å². The predicted molar refractivity (Wildman–Crippen MR) is 80.8 cm³/mol. The van der Waals surface area contributed by atoms with Crippen LogP contribution in [-0.2, 0) is 16.8 Å². The Bertz CT molecular complexity index is 546. The molecule has 1 heterocycles. The quantitative estimate of drug-likeness (QED) is 0.862. The second-order valence-electron chi connectivity index (χ2n) is 6.34. The molecule has 2 aliphatic rings. The molecule has 21 heavy (non-hydrogen) atoms. The lowest BCUT2D eigenvalue weighted by Gasteiger charge is -2.37. The average molecular weight is 312 g/mol. The van der Waals surface area contributed by atoms with E-state index in [9.17, 15) is 8.42 Å². The highest BCUT2D eigenvalue weighted by Crippen LogP contribution is 2.30. The van der Waals surface area contributed by atoms with Crippen molar-refractivity contribution in [2.45, 2.75) is 57.2 Å². The second kappa shape index (κ2) is 6.06. The third kappa shape index (κ3) is 3.46. The summed E-state index contributed by atoms with van der Waals surface area (Å²) in [5.74, 6) is 0.523. The zero-order valence-corrected chi connectivity index (χ0v) is 13.3. The molecular weight excluding hydrogens is 288 g/mol. The van der Waals surface area contributed by atoms with E-state index in [4.69, 9.17) is 0 Å². The SMILES string of the molecule is CN(C1CCCC1)S(=O)(=O)NC1CC(Cn2cccn2)C1. The van der Waals surface area contributed by atoms with Gasteiger partial charge in [-0.3, -0.25) is 4.68 Å². The van der Waals surface area contributed by atoms with Crippen molar-refractivity contribution >= 4 is 10.2 Å². The summed E-state index contributed by atoms with van der Waals surface area (Å²) in [4.78, 5) is 0. The molecule has 0 saturated heterocycles. The molecule has 2 fully saturated rings. The molecule has 1 N–H and O–H groups in total. The lowest BCUT2D eigenvalue weighted by atomic mass is 9.81. The van der Waals surface area contributed by atoms with Crippen molar-refractivity contribution in [3.63, 3.8) is 0 Å². The first kappa shape index (κ1) is 15.0. The maximum Gasteiger partial charge on any atom is 0.279 e. The Morgan fingerprint density at radius 1 is 1.33 bits per heavy atom. The largest absolute Gasteiger partial charge is 0.279 e. The Morgan fingerprint density at radius 3 is 2.67 bits per heavy atom. The fourth-order valence-electron chi connectivity index (χ4n) is 3.41. The second-order valence-corrected chi connectivity index (χ2v) is 8.10. The highest BCUT2D eigenvalue weighted by Gasteiger charge is 2.35. The molecule has 0 amide bonds. The molecule has 0 unspecified atom stereocenters. The topological polar surface area (TPSA) is 67.2 Å². The predicted octanol–water partition coefficient (Wildman–Crippen LogP) is 1.37. The normalized spacial score (nSPS) is 27.1. The Morgan fingerprint density at radius 2 is 2.05 bits per heavy atom. The van der Waals surface area contributed by atoms with E-state index in [2.05, 4.69) is 9.82 Å². The molecule has 1 aromatic heterocycles. The van der Waals surface area contributed by atoms with Crippen molar-refractivity contribution in [2.24, 2.45) is 5.92 Å². The van der Waals surface area contributed by atoms with Crippen molar-refractivity contribution < 1.29 is 8.42 Å². The molecule has 2 aliphatic carbocycles. The standard InChI is InChI=1S/C14H24N4O2S/c1-17(14-5-2-3-6-14)21(19,20)16-13-9-12(10-13)11-18-8-4-7-15-18/h4,7-8,12-14,16H,2-3,5-6,9-11H2,1H3. The van der Waals surface area contributed by atoms with Gasteiger partial charge in [0.05, 0.1) is 0 Å². The van der Waals surface area contributed by atoms with Crippen LogP contribution in [0.4, 0.5) is 0 Å². The molecule has 7 heteroatoms. The molecule has 1 aromatic rings. The summed E-state index contributed by atoms with van der Waals surface area (Å²) >= 11 is 0. The molecule has 6 nitrogen and oxygen atoms in total. The first-order valence-electron chi connectivity index (χ1n) is 7.77. The van der Waals surface area contributed by atoms with Gasteiger partial charge in [0.15, 0.2) is 0 Å². The van der Waals surface area contributed by atoms with Crippen LogP contribution in [0, 0.1) is 5.92 Å². The molecule has 3 rings (SSSR count). The highest BCUT2D eigenvalue weighted by atomic mass is 32.2. The minimum atomic E-state index is -3.33. The van der Waals surface area contributed by atoms with Gasteiger partial charge < -0.3 is 0 Å². The van der Waals surface area contributed by atoms with Gasteiger partial charge >= 0.3 is 0 Å². The average Bonchev–Trinajstić information content (AvgIpc) is 3.08. The number of nitrogens with one attached hydrogen (secondary N) is 1. The molecule has 0 aromatic carbocycles. The molecule has 0 spiro atoms. The Labute approximate surface area is 126 Å². The fraction of sp³-hybridized carbons (Fsp3) is 0.786. The van der Waals surface area contributed by atoms with Gasteiger partial charge in [-0.1, -0.05) is 12.8 Å². The minimum absolute atomic E-state index is 0.0828. The Hall–Kier alpha value is -0.920. The van der Waals surface area contributed by atoms with E-state index in [-0.39, 0.29) is 12.1 Å². The number of hydrogen-bond acceptors (Lipinski definition) is 3. The molecule has 2 saturated carbocycles. The molecule has 0 atom stereocenters. The number of aromatic nitrogens is 2. The van der Waals surface area contributed by atoms with Gasteiger partial charge in [-0.25, -0.2) is 0 Å². The molecule has 0 bridgehead atoms. The lowest BCUT2D eigenvalue weighted by Crippen LogP contribution is -2.51. The molecule has 0 aliphatic heterocycles. The zero-order chi connectivity index (χ0) is 14.9. The molecular formula is C14H24N4O2S. The summed E-state index contributed by atoms with van der Waals surface area (Å²) in [6.45, 7) is 0.879. The van der Waals surface area contributed by atoms with Crippen LogP contribution in [0.5, 0.6) is 0 Å². The van der Waals surface area contributed by atoms with E-state index in [0.717, 1.165) is 45.1 Å². The first-order valence-corrected chi connectivity index (χ1v) is 9.21. The van der Waals surface area contributed by atoms with E-state index in [1.165, 1.54) is 0 Å². The van der Waals surface area contributed by atoms with Crippen molar-refractivity contribution in [3.8, 4) is 0 Å². The van der Waals surface area contributed by atoms with Crippen LogP contribution in [-0.4, -0.2) is 41.6 Å². The van der Waals surface area contributed by atoms with Gasteiger partial charge in [0, 0.05) is 38.1 Å². The summed E-state index contributed by atoms with van der Waals surface area (Å²) in [7, 11) is -1.62. The fourth-order valence-corrected chi connectivity index (χ4v) is 4.80. The summed E-state index contributed by atoms with van der Waals surface area (Å²) in [5, 5.41) is 4.19. The summed E-state index contributed by atoms with van der Waals surface area (Å²) in [6.07, 6.45) is 9.78. The van der Waals surface area contributed by atoms with Gasteiger partial charge in [-0.05, 0) is 37.7 Å². The summed E-state index contributed by atoms with van der Waals surface area (Å²) < 4.78 is 31.0. The van der Waals surface area contributed by atoms with Gasteiger partial charge in [-0.15, -0.1) is 0 Å². The minimum Gasteiger partial charge on any atom is -0.272 e. The Kier molecular flexibility index (Phi) is 4.33. The van der Waals surface area contributed by atoms with Crippen LogP contribution in [0.3, 0.4) is 0 Å². The van der Waals surface area contributed by atoms with Crippen LogP contribution in [0.15, 0.2) is 18.5 Å². The molecule has 0 radical (unpaired) electrons. The van der Waals surface area contributed by atoms with Crippen LogP contribution < -0.4 is 4.72 Å².